The maximum atomic E-state index is 12.2. The highest BCUT2D eigenvalue weighted by atomic mass is 16.5. The van der Waals surface area contributed by atoms with Crippen LogP contribution >= 0.6 is 0 Å². The first-order chi connectivity index (χ1) is 11.0. The van der Waals surface area contributed by atoms with Gasteiger partial charge in [-0.25, -0.2) is 4.79 Å². The number of carbonyl (C=O) groups is 3. The zero-order valence-electron chi connectivity index (χ0n) is 12.5. The minimum Gasteiger partial charge on any atom is -0.480 e. The van der Waals surface area contributed by atoms with Crippen LogP contribution in [0.5, 0.6) is 0 Å². The average Bonchev–Trinajstić information content (AvgIpc) is 2.83. The molecular formula is C16H18N2O5. The molecule has 0 aliphatic carbocycles. The van der Waals surface area contributed by atoms with E-state index in [1.807, 2.05) is 12.1 Å². The molecule has 2 N–H and O–H groups in total. The maximum absolute atomic E-state index is 12.2. The minimum absolute atomic E-state index is 0.165. The molecular weight excluding hydrogens is 300 g/mol. The van der Waals surface area contributed by atoms with E-state index in [1.54, 1.807) is 12.1 Å². The van der Waals surface area contributed by atoms with E-state index >= 15 is 0 Å². The van der Waals surface area contributed by atoms with Gasteiger partial charge >= 0.3 is 5.97 Å². The summed E-state index contributed by atoms with van der Waals surface area (Å²) in [6, 6.07) is 5.96. The van der Waals surface area contributed by atoms with Crippen molar-refractivity contribution in [1.82, 2.24) is 10.2 Å². The molecule has 7 nitrogen and oxygen atoms in total. The maximum Gasteiger partial charge on any atom is 0.328 e. The van der Waals surface area contributed by atoms with Gasteiger partial charge in [0.05, 0.1) is 13.2 Å². The highest BCUT2D eigenvalue weighted by Crippen LogP contribution is 2.21. The molecule has 1 aliphatic heterocycles. The number of nitrogens with one attached hydrogen (secondary N) is 1. The van der Waals surface area contributed by atoms with E-state index in [0.29, 0.717) is 12.1 Å². The fraction of sp³-hybridized carbons (Fsp3) is 0.312. The number of hydrogen-bond donors (Lipinski definition) is 2. The Bertz CT molecular complexity index is 629. The molecule has 1 unspecified atom stereocenters. The van der Waals surface area contributed by atoms with Gasteiger partial charge in [-0.2, -0.15) is 0 Å². The molecule has 1 atom stereocenters. The number of carboxylic acid groups (broad SMARTS) is 1. The Hall–Kier alpha value is -2.67. The number of nitrogens with zero attached hydrogens (tertiary/aromatic N) is 1. The zero-order valence-corrected chi connectivity index (χ0v) is 12.5. The van der Waals surface area contributed by atoms with E-state index in [4.69, 9.17) is 9.84 Å². The molecule has 0 fully saturated rings. The van der Waals surface area contributed by atoms with Crippen molar-refractivity contribution in [1.29, 1.82) is 0 Å². The number of hydrogen-bond acceptors (Lipinski definition) is 4. The third-order valence-electron chi connectivity index (χ3n) is 3.38. The van der Waals surface area contributed by atoms with Gasteiger partial charge in [0, 0.05) is 12.1 Å². The fourth-order valence-electron chi connectivity index (χ4n) is 2.30. The summed E-state index contributed by atoms with van der Waals surface area (Å²) in [4.78, 5) is 36.6. The van der Waals surface area contributed by atoms with Crippen molar-refractivity contribution in [3.8, 4) is 0 Å². The van der Waals surface area contributed by atoms with Crippen LogP contribution in [0.1, 0.15) is 15.9 Å². The number of rotatable bonds is 8. The summed E-state index contributed by atoms with van der Waals surface area (Å²) in [7, 11) is 0. The summed E-state index contributed by atoms with van der Waals surface area (Å²) in [5.74, 6) is -1.97. The second-order valence-electron chi connectivity index (χ2n) is 5.10. The van der Waals surface area contributed by atoms with Crippen molar-refractivity contribution in [2.45, 2.75) is 12.6 Å². The monoisotopic (exact) mass is 318 g/mol. The molecule has 1 aromatic rings. The summed E-state index contributed by atoms with van der Waals surface area (Å²) < 4.78 is 5.05. The lowest BCUT2D eigenvalue weighted by molar-refractivity contribution is -0.143. The summed E-state index contributed by atoms with van der Waals surface area (Å²) in [5, 5.41) is 11.4. The Balaban J connectivity index is 1.90. The number of carbonyl (C=O) groups excluding carboxylic acids is 2. The molecule has 0 aromatic heterocycles. The van der Waals surface area contributed by atoms with E-state index in [0.717, 1.165) is 5.56 Å². The standard InChI is InChI=1S/C16H18N2O5/c1-2-7-23-10-13(16(21)22)17-14(19)9-18-8-11-5-3-4-6-12(11)15(18)20/h2-6,13H,1,7-10H2,(H,17,19)(H,21,22). The Morgan fingerprint density at radius 3 is 2.83 bits per heavy atom. The van der Waals surface area contributed by atoms with E-state index < -0.39 is 17.9 Å². The first-order valence-corrected chi connectivity index (χ1v) is 7.11. The normalized spacial score (nSPS) is 14.3. The summed E-state index contributed by atoms with van der Waals surface area (Å²) in [6.45, 7) is 3.63. The third kappa shape index (κ3) is 4.17. The Morgan fingerprint density at radius 2 is 2.17 bits per heavy atom. The molecule has 0 bridgehead atoms. The number of amides is 2. The lowest BCUT2D eigenvalue weighted by Crippen LogP contribution is -2.47. The van der Waals surface area contributed by atoms with Crippen LogP contribution in [0.25, 0.3) is 0 Å². The Kier molecular flexibility index (Phi) is 5.48. The molecule has 0 saturated heterocycles. The average molecular weight is 318 g/mol. The highest BCUT2D eigenvalue weighted by Gasteiger charge is 2.29. The second kappa shape index (κ2) is 7.55. The van der Waals surface area contributed by atoms with Crippen LogP contribution in [0.15, 0.2) is 36.9 Å². The summed E-state index contributed by atoms with van der Waals surface area (Å²) in [5.41, 5.74) is 1.43. The number of benzene rings is 1. The lowest BCUT2D eigenvalue weighted by Gasteiger charge is -2.18. The SMILES string of the molecule is C=CCOCC(NC(=O)CN1Cc2ccccc2C1=O)C(=O)O. The van der Waals surface area contributed by atoms with E-state index in [-0.39, 0.29) is 25.7 Å². The van der Waals surface area contributed by atoms with Crippen LogP contribution < -0.4 is 5.32 Å². The van der Waals surface area contributed by atoms with Crippen molar-refractivity contribution in [2.75, 3.05) is 19.8 Å². The smallest absolute Gasteiger partial charge is 0.328 e. The van der Waals surface area contributed by atoms with E-state index in [2.05, 4.69) is 11.9 Å². The molecule has 0 saturated carbocycles. The van der Waals surface area contributed by atoms with E-state index in [1.165, 1.54) is 11.0 Å². The molecule has 0 spiro atoms. The number of carboxylic acids is 1. The molecule has 122 valence electrons. The van der Waals surface area contributed by atoms with Gasteiger partial charge in [0.15, 0.2) is 6.04 Å². The predicted octanol–water partition coefficient (Wildman–Crippen LogP) is 0.414. The quantitative estimate of drug-likeness (QED) is 0.535. The first-order valence-electron chi connectivity index (χ1n) is 7.11. The molecule has 1 aliphatic rings. The van der Waals surface area contributed by atoms with Crippen molar-refractivity contribution in [3.63, 3.8) is 0 Å². The van der Waals surface area contributed by atoms with Gasteiger partial charge in [-0.3, -0.25) is 9.59 Å². The summed E-state index contributed by atoms with van der Waals surface area (Å²) in [6.07, 6.45) is 1.49. The van der Waals surface area contributed by atoms with Crippen LogP contribution in [0.2, 0.25) is 0 Å². The fourth-order valence-corrected chi connectivity index (χ4v) is 2.30. The summed E-state index contributed by atoms with van der Waals surface area (Å²) >= 11 is 0. The van der Waals surface area contributed by atoms with Gasteiger partial charge < -0.3 is 20.1 Å². The van der Waals surface area contributed by atoms with Gasteiger partial charge in [-0.1, -0.05) is 24.3 Å². The lowest BCUT2D eigenvalue weighted by atomic mass is 10.1. The van der Waals surface area contributed by atoms with Crippen molar-refractivity contribution in [3.05, 3.63) is 48.0 Å². The van der Waals surface area contributed by atoms with Gasteiger partial charge in [-0.05, 0) is 11.6 Å². The molecule has 7 heteroatoms. The number of ether oxygens (including phenoxy) is 1. The zero-order chi connectivity index (χ0) is 16.8. The largest absolute Gasteiger partial charge is 0.480 e. The van der Waals surface area contributed by atoms with Gasteiger partial charge in [0.25, 0.3) is 5.91 Å². The molecule has 0 radical (unpaired) electrons. The Labute approximate surface area is 133 Å². The third-order valence-corrected chi connectivity index (χ3v) is 3.38. The van der Waals surface area contributed by atoms with Gasteiger partial charge in [0.1, 0.15) is 6.54 Å². The first kappa shape index (κ1) is 16.7. The van der Waals surface area contributed by atoms with E-state index in [9.17, 15) is 14.4 Å². The molecule has 1 aromatic carbocycles. The van der Waals surface area contributed by atoms with Crippen molar-refractivity contribution in [2.24, 2.45) is 0 Å². The van der Waals surface area contributed by atoms with Gasteiger partial charge in [-0.15, -0.1) is 6.58 Å². The number of fused-ring (bicyclic) bond motifs is 1. The minimum atomic E-state index is -1.20. The van der Waals surface area contributed by atoms with Crippen molar-refractivity contribution >= 4 is 17.8 Å². The van der Waals surface area contributed by atoms with Crippen LogP contribution in [-0.2, 0) is 20.9 Å². The van der Waals surface area contributed by atoms with Crippen LogP contribution in [-0.4, -0.2) is 53.6 Å². The predicted molar refractivity (Wildman–Crippen MR) is 81.8 cm³/mol. The molecule has 1 heterocycles. The molecule has 2 rings (SSSR count). The van der Waals surface area contributed by atoms with Crippen LogP contribution in [0.4, 0.5) is 0 Å². The molecule has 23 heavy (non-hydrogen) atoms. The van der Waals surface area contributed by atoms with Gasteiger partial charge in [0.2, 0.25) is 5.91 Å². The van der Waals surface area contributed by atoms with Crippen molar-refractivity contribution < 1.29 is 24.2 Å². The highest BCUT2D eigenvalue weighted by molar-refractivity contribution is 6.00. The van der Waals surface area contributed by atoms with Crippen LogP contribution in [0.3, 0.4) is 0 Å². The van der Waals surface area contributed by atoms with Crippen LogP contribution in [0, 0.1) is 0 Å². The topological polar surface area (TPSA) is 95.9 Å². The number of aliphatic carboxylic acids is 1. The Morgan fingerprint density at radius 1 is 1.43 bits per heavy atom. The molecule has 2 amide bonds. The second-order valence-corrected chi connectivity index (χ2v) is 5.10.